The van der Waals surface area contributed by atoms with Gasteiger partial charge in [0, 0.05) is 24.5 Å². The molecule has 1 amide bonds. The van der Waals surface area contributed by atoms with Crippen LogP contribution in [0, 0.1) is 0 Å². The van der Waals surface area contributed by atoms with E-state index in [1.54, 1.807) is 42.7 Å². The fourth-order valence-corrected chi connectivity index (χ4v) is 3.85. The fourth-order valence-electron chi connectivity index (χ4n) is 3.64. The van der Waals surface area contributed by atoms with E-state index in [9.17, 15) is 14.7 Å². The zero-order valence-corrected chi connectivity index (χ0v) is 18.6. The summed E-state index contributed by atoms with van der Waals surface area (Å²) in [5.41, 5.74) is 0.886. The minimum Gasteiger partial charge on any atom is -0.507 e. The van der Waals surface area contributed by atoms with E-state index < -0.39 is 17.7 Å². The largest absolute Gasteiger partial charge is 0.507 e. The lowest BCUT2D eigenvalue weighted by Gasteiger charge is -2.25. The Balaban J connectivity index is 2.11. The van der Waals surface area contributed by atoms with Gasteiger partial charge in [-0.1, -0.05) is 17.7 Å². The standard InChI is InChI=1S/C23H26ClN3O4/c1-4-31-16-8-9-18(24)17(13-16)21(28)19-20(15-7-5-10-25-14-15)27(23(30)22(19)29)12-6-11-26(2)3/h5,7-10,13-14,20,28H,4,6,11-12H2,1-3H3/b21-19+. The fraction of sp³-hybridized carbons (Fsp3) is 0.348. The molecule has 1 unspecified atom stereocenters. The van der Waals surface area contributed by atoms with Crippen LogP contribution in [-0.4, -0.2) is 65.4 Å². The van der Waals surface area contributed by atoms with Crippen molar-refractivity contribution in [1.82, 2.24) is 14.8 Å². The molecule has 8 heteroatoms. The second-order valence-corrected chi connectivity index (χ2v) is 7.92. The average molecular weight is 444 g/mol. The van der Waals surface area contributed by atoms with E-state index in [4.69, 9.17) is 16.3 Å². The number of likely N-dealkylation sites (tertiary alicyclic amines) is 1. The molecular formula is C23H26ClN3O4. The highest BCUT2D eigenvalue weighted by Gasteiger charge is 2.46. The predicted octanol–water partition coefficient (Wildman–Crippen LogP) is 3.51. The van der Waals surface area contributed by atoms with E-state index in [0.29, 0.717) is 30.9 Å². The summed E-state index contributed by atoms with van der Waals surface area (Å²) in [6.45, 7) is 3.40. The maximum absolute atomic E-state index is 13.0. The number of amides is 1. The number of benzene rings is 1. The number of nitrogens with zero attached hydrogens (tertiary/aromatic N) is 3. The Kier molecular flexibility index (Phi) is 7.30. The van der Waals surface area contributed by atoms with Crippen molar-refractivity contribution in [3.8, 4) is 5.75 Å². The Morgan fingerprint density at radius 2 is 2.06 bits per heavy atom. The number of halogens is 1. The Hall–Kier alpha value is -2.90. The molecule has 3 rings (SSSR count). The first-order chi connectivity index (χ1) is 14.8. The van der Waals surface area contributed by atoms with Crippen molar-refractivity contribution >= 4 is 29.1 Å². The summed E-state index contributed by atoms with van der Waals surface area (Å²) in [5, 5.41) is 11.4. The first-order valence-electron chi connectivity index (χ1n) is 10.1. The van der Waals surface area contributed by atoms with Gasteiger partial charge in [0.1, 0.15) is 11.5 Å². The van der Waals surface area contributed by atoms with Crippen molar-refractivity contribution in [2.24, 2.45) is 0 Å². The number of pyridine rings is 1. The van der Waals surface area contributed by atoms with Crippen molar-refractivity contribution in [3.63, 3.8) is 0 Å². The van der Waals surface area contributed by atoms with Crippen LogP contribution >= 0.6 is 11.6 Å². The lowest BCUT2D eigenvalue weighted by Crippen LogP contribution is -2.32. The van der Waals surface area contributed by atoms with Gasteiger partial charge in [0.2, 0.25) is 0 Å². The van der Waals surface area contributed by atoms with Crippen molar-refractivity contribution in [3.05, 3.63) is 64.4 Å². The number of aromatic nitrogens is 1. The van der Waals surface area contributed by atoms with Crippen LogP contribution in [0.4, 0.5) is 0 Å². The van der Waals surface area contributed by atoms with Gasteiger partial charge < -0.3 is 19.6 Å². The second-order valence-electron chi connectivity index (χ2n) is 7.51. The molecule has 0 spiro atoms. The zero-order valence-electron chi connectivity index (χ0n) is 17.8. The summed E-state index contributed by atoms with van der Waals surface area (Å²) in [4.78, 5) is 33.6. The number of aliphatic hydroxyl groups is 1. The number of aliphatic hydroxyl groups excluding tert-OH is 1. The number of ketones is 1. The molecule has 0 saturated carbocycles. The molecule has 164 valence electrons. The van der Waals surface area contributed by atoms with Crippen LogP contribution in [0.15, 0.2) is 48.3 Å². The number of rotatable bonds is 8. The minimum absolute atomic E-state index is 0.00148. The number of carbonyl (C=O) groups excluding carboxylic acids is 2. The van der Waals surface area contributed by atoms with Gasteiger partial charge in [-0.3, -0.25) is 14.6 Å². The highest BCUT2D eigenvalue weighted by Crippen LogP contribution is 2.40. The average Bonchev–Trinajstić information content (AvgIpc) is 3.00. The van der Waals surface area contributed by atoms with Crippen molar-refractivity contribution in [2.45, 2.75) is 19.4 Å². The summed E-state index contributed by atoms with van der Waals surface area (Å²) < 4.78 is 5.50. The zero-order chi connectivity index (χ0) is 22.5. The molecule has 1 saturated heterocycles. The van der Waals surface area contributed by atoms with Gasteiger partial charge in [-0.2, -0.15) is 0 Å². The van der Waals surface area contributed by atoms with E-state index in [0.717, 1.165) is 6.54 Å². The van der Waals surface area contributed by atoms with E-state index in [1.807, 2.05) is 25.9 Å². The molecular weight excluding hydrogens is 418 g/mol. The third kappa shape index (κ3) is 4.89. The van der Waals surface area contributed by atoms with Crippen molar-refractivity contribution in [2.75, 3.05) is 33.8 Å². The molecule has 1 aliphatic heterocycles. The number of hydrogen-bond acceptors (Lipinski definition) is 6. The van der Waals surface area contributed by atoms with Gasteiger partial charge in [-0.25, -0.2) is 0 Å². The third-order valence-corrected chi connectivity index (χ3v) is 5.38. The first kappa shape index (κ1) is 22.8. The van der Waals surface area contributed by atoms with E-state index >= 15 is 0 Å². The smallest absolute Gasteiger partial charge is 0.295 e. The van der Waals surface area contributed by atoms with Crippen LogP contribution in [0.1, 0.15) is 30.5 Å². The normalized spacial score (nSPS) is 18.1. The van der Waals surface area contributed by atoms with Crippen LogP contribution in [-0.2, 0) is 9.59 Å². The Bertz CT molecular complexity index is 992. The third-order valence-electron chi connectivity index (χ3n) is 5.05. The molecule has 0 bridgehead atoms. The summed E-state index contributed by atoms with van der Waals surface area (Å²) >= 11 is 6.32. The van der Waals surface area contributed by atoms with Gasteiger partial charge in [-0.15, -0.1) is 0 Å². The summed E-state index contributed by atoms with van der Waals surface area (Å²) in [5.74, 6) is -1.21. The van der Waals surface area contributed by atoms with E-state index in [-0.39, 0.29) is 21.9 Å². The lowest BCUT2D eigenvalue weighted by atomic mass is 9.96. The number of Topliss-reactive ketones (excluding diaryl/α,β-unsaturated/α-hetero) is 1. The molecule has 0 aliphatic carbocycles. The van der Waals surface area contributed by atoms with Crippen LogP contribution in [0.2, 0.25) is 5.02 Å². The van der Waals surface area contributed by atoms with Crippen LogP contribution in [0.25, 0.3) is 5.76 Å². The Morgan fingerprint density at radius 3 is 2.71 bits per heavy atom. The van der Waals surface area contributed by atoms with Gasteiger partial charge >= 0.3 is 0 Å². The second kappa shape index (κ2) is 9.94. The molecule has 1 aliphatic rings. The first-order valence-corrected chi connectivity index (χ1v) is 10.5. The maximum atomic E-state index is 13.0. The summed E-state index contributed by atoms with van der Waals surface area (Å²) in [7, 11) is 3.89. The molecule has 2 heterocycles. The SMILES string of the molecule is CCOc1ccc(Cl)c(/C(O)=C2\C(=O)C(=O)N(CCCN(C)C)C2c2cccnc2)c1. The summed E-state index contributed by atoms with van der Waals surface area (Å²) in [6.07, 6.45) is 3.89. The topological polar surface area (TPSA) is 83.0 Å². The predicted molar refractivity (Wildman–Crippen MR) is 119 cm³/mol. The van der Waals surface area contributed by atoms with E-state index in [2.05, 4.69) is 4.98 Å². The molecule has 1 aromatic carbocycles. The molecule has 7 nitrogen and oxygen atoms in total. The highest BCUT2D eigenvalue weighted by molar-refractivity contribution is 6.47. The molecule has 2 aromatic rings. The van der Waals surface area contributed by atoms with Crippen LogP contribution in [0.3, 0.4) is 0 Å². The van der Waals surface area contributed by atoms with Crippen LogP contribution in [0.5, 0.6) is 5.75 Å². The summed E-state index contributed by atoms with van der Waals surface area (Å²) in [6, 6.07) is 7.62. The van der Waals surface area contributed by atoms with Crippen molar-refractivity contribution in [1.29, 1.82) is 0 Å². The van der Waals surface area contributed by atoms with Crippen molar-refractivity contribution < 1.29 is 19.4 Å². The number of ether oxygens (including phenoxy) is 1. The van der Waals surface area contributed by atoms with Crippen LogP contribution < -0.4 is 4.74 Å². The lowest BCUT2D eigenvalue weighted by molar-refractivity contribution is -0.139. The van der Waals surface area contributed by atoms with Gasteiger partial charge in [0.15, 0.2) is 0 Å². The molecule has 1 N–H and O–H groups in total. The highest BCUT2D eigenvalue weighted by atomic mass is 35.5. The molecule has 1 aromatic heterocycles. The number of hydrogen-bond donors (Lipinski definition) is 1. The molecule has 31 heavy (non-hydrogen) atoms. The quantitative estimate of drug-likeness (QED) is 0.382. The Labute approximate surface area is 186 Å². The maximum Gasteiger partial charge on any atom is 0.295 e. The van der Waals surface area contributed by atoms with Gasteiger partial charge in [0.25, 0.3) is 11.7 Å². The van der Waals surface area contributed by atoms with E-state index in [1.165, 1.54) is 4.90 Å². The molecule has 0 radical (unpaired) electrons. The number of carbonyl (C=O) groups is 2. The molecule has 1 atom stereocenters. The molecule has 1 fully saturated rings. The monoisotopic (exact) mass is 443 g/mol. The Morgan fingerprint density at radius 1 is 1.29 bits per heavy atom. The minimum atomic E-state index is -0.748. The van der Waals surface area contributed by atoms with Gasteiger partial charge in [-0.05, 0) is 63.8 Å². The van der Waals surface area contributed by atoms with Gasteiger partial charge in [0.05, 0.1) is 23.2 Å².